The predicted molar refractivity (Wildman–Crippen MR) is 93.3 cm³/mol. The lowest BCUT2D eigenvalue weighted by molar-refractivity contribution is -0.145. The summed E-state index contributed by atoms with van der Waals surface area (Å²) in [7, 11) is 0. The van der Waals surface area contributed by atoms with E-state index in [0.29, 0.717) is 23.4 Å². The van der Waals surface area contributed by atoms with Crippen molar-refractivity contribution in [3.05, 3.63) is 33.9 Å². The summed E-state index contributed by atoms with van der Waals surface area (Å²) in [6.45, 7) is 2.63. The number of thiophene rings is 1. The second-order valence-corrected chi connectivity index (χ2v) is 7.39. The van der Waals surface area contributed by atoms with Gasteiger partial charge >= 0.3 is 6.18 Å². The molecule has 0 saturated heterocycles. The third-order valence-electron chi connectivity index (χ3n) is 3.45. The van der Waals surface area contributed by atoms with Crippen LogP contribution < -0.4 is 5.73 Å². The molecule has 0 bridgehead atoms. The van der Waals surface area contributed by atoms with E-state index in [1.165, 1.54) is 16.0 Å². The van der Waals surface area contributed by atoms with Crippen LogP contribution in [-0.4, -0.2) is 31.3 Å². The molecule has 138 valence electrons. The maximum Gasteiger partial charge on any atom is 0.451 e. The molecule has 26 heavy (non-hydrogen) atoms. The lowest BCUT2D eigenvalue weighted by Crippen LogP contribution is -2.12. The number of thioether (sulfide) groups is 1. The maximum absolute atomic E-state index is 13.0. The minimum absolute atomic E-state index is 0.0364. The van der Waals surface area contributed by atoms with Crippen molar-refractivity contribution in [3.8, 4) is 0 Å². The molecule has 0 radical (unpaired) electrons. The van der Waals surface area contributed by atoms with Crippen molar-refractivity contribution in [1.29, 1.82) is 0 Å². The first-order valence-electron chi connectivity index (χ1n) is 7.59. The Labute approximate surface area is 154 Å². The zero-order chi connectivity index (χ0) is 18.9. The Balaban J connectivity index is 1.90. The smallest absolute Gasteiger partial charge is 0.326 e. The molecule has 0 atom stereocenters. The van der Waals surface area contributed by atoms with E-state index >= 15 is 0 Å². The third kappa shape index (κ3) is 3.89. The van der Waals surface area contributed by atoms with E-state index in [1.54, 1.807) is 18.3 Å². The van der Waals surface area contributed by atoms with Gasteiger partial charge in [0.2, 0.25) is 5.82 Å². The van der Waals surface area contributed by atoms with Crippen LogP contribution in [0.1, 0.15) is 27.3 Å². The van der Waals surface area contributed by atoms with Crippen LogP contribution in [0, 0.1) is 0 Å². The largest absolute Gasteiger partial charge is 0.451 e. The first-order valence-corrected chi connectivity index (χ1v) is 9.39. The number of alkyl halides is 3. The summed E-state index contributed by atoms with van der Waals surface area (Å²) in [6, 6.07) is 3.43. The van der Waals surface area contributed by atoms with Crippen molar-refractivity contribution >= 4 is 39.9 Å². The van der Waals surface area contributed by atoms with Crippen LogP contribution in [0.2, 0.25) is 0 Å². The molecule has 0 amide bonds. The van der Waals surface area contributed by atoms with Crippen LogP contribution >= 0.6 is 23.1 Å². The molecule has 2 N–H and O–H groups in total. The third-order valence-corrected chi connectivity index (χ3v) is 5.59. The van der Waals surface area contributed by atoms with Gasteiger partial charge in [0, 0.05) is 24.2 Å². The van der Waals surface area contributed by atoms with Gasteiger partial charge in [-0.15, -0.1) is 11.3 Å². The monoisotopic (exact) mass is 401 g/mol. The summed E-state index contributed by atoms with van der Waals surface area (Å²) < 4.78 is 40.6. The highest BCUT2D eigenvalue weighted by atomic mass is 32.2. The summed E-state index contributed by atoms with van der Waals surface area (Å²) in [5.74, 6) is -1.49. The van der Waals surface area contributed by atoms with Gasteiger partial charge in [-0.3, -0.25) is 9.48 Å². The molecule has 3 heterocycles. The predicted octanol–water partition coefficient (Wildman–Crippen LogP) is 3.36. The SMILES string of the molecule is CCn1cc2c(SCC(=O)c3ccc(CN)s3)nc(C(F)(F)F)nc2n1. The second kappa shape index (κ2) is 7.33. The number of carbonyl (C=O) groups is 1. The number of hydrogen-bond acceptors (Lipinski definition) is 7. The lowest BCUT2D eigenvalue weighted by atomic mass is 10.3. The van der Waals surface area contributed by atoms with Gasteiger partial charge < -0.3 is 5.73 Å². The zero-order valence-electron chi connectivity index (χ0n) is 13.6. The second-order valence-electron chi connectivity index (χ2n) is 5.25. The van der Waals surface area contributed by atoms with E-state index in [2.05, 4.69) is 15.1 Å². The molecule has 0 aliphatic rings. The standard InChI is InChI=1S/C15H14F3N5OS2/c1-2-23-6-9-12(22-23)20-14(15(16,17)18)21-13(9)25-7-10(24)11-4-3-8(5-19)26-11/h3-4,6H,2,5,7,19H2,1H3. The fraction of sp³-hybridized carbons (Fsp3) is 0.333. The molecule has 6 nitrogen and oxygen atoms in total. The van der Waals surface area contributed by atoms with Gasteiger partial charge in [-0.2, -0.15) is 18.3 Å². The van der Waals surface area contributed by atoms with Gasteiger partial charge in [0.05, 0.1) is 16.0 Å². The van der Waals surface area contributed by atoms with Gasteiger partial charge in [-0.05, 0) is 19.1 Å². The summed E-state index contributed by atoms with van der Waals surface area (Å²) >= 11 is 2.22. The van der Waals surface area contributed by atoms with Gasteiger partial charge in [-0.1, -0.05) is 11.8 Å². The van der Waals surface area contributed by atoms with Gasteiger partial charge in [0.15, 0.2) is 11.4 Å². The fourth-order valence-electron chi connectivity index (χ4n) is 2.17. The van der Waals surface area contributed by atoms with E-state index in [1.807, 2.05) is 6.92 Å². The van der Waals surface area contributed by atoms with Crippen molar-refractivity contribution in [3.63, 3.8) is 0 Å². The van der Waals surface area contributed by atoms with Gasteiger partial charge in [0.1, 0.15) is 5.03 Å². The zero-order valence-corrected chi connectivity index (χ0v) is 15.2. The molecule has 0 saturated carbocycles. The Kier molecular flexibility index (Phi) is 5.30. The van der Waals surface area contributed by atoms with Gasteiger partial charge in [-0.25, -0.2) is 9.97 Å². The minimum Gasteiger partial charge on any atom is -0.326 e. The first-order chi connectivity index (χ1) is 12.3. The van der Waals surface area contributed by atoms with E-state index in [-0.39, 0.29) is 22.2 Å². The molecular formula is C15H14F3N5OS2. The number of nitrogens with two attached hydrogens (primary N) is 1. The first kappa shape index (κ1) is 18.8. The van der Waals surface area contributed by atoms with Gasteiger partial charge in [0.25, 0.3) is 0 Å². The number of fused-ring (bicyclic) bond motifs is 1. The molecular weight excluding hydrogens is 387 g/mol. The average molecular weight is 401 g/mol. The highest BCUT2D eigenvalue weighted by molar-refractivity contribution is 8.00. The molecule has 3 aromatic rings. The van der Waals surface area contributed by atoms with Crippen LogP contribution in [-0.2, 0) is 19.3 Å². The number of hydrogen-bond donors (Lipinski definition) is 1. The summed E-state index contributed by atoms with van der Waals surface area (Å²) in [4.78, 5) is 20.8. The Morgan fingerprint density at radius 1 is 1.35 bits per heavy atom. The molecule has 0 aromatic carbocycles. The molecule has 11 heteroatoms. The lowest BCUT2D eigenvalue weighted by Gasteiger charge is -2.07. The number of nitrogens with zero attached hydrogens (tertiary/aromatic N) is 4. The van der Waals surface area contributed by atoms with Crippen molar-refractivity contribution in [2.45, 2.75) is 31.2 Å². The fourth-order valence-corrected chi connectivity index (χ4v) is 3.96. The number of rotatable bonds is 6. The maximum atomic E-state index is 13.0. The molecule has 0 aliphatic heterocycles. The summed E-state index contributed by atoms with van der Waals surface area (Å²) in [5.41, 5.74) is 5.49. The Bertz CT molecular complexity index is 951. The Hall–Kier alpha value is -1.98. The topological polar surface area (TPSA) is 86.7 Å². The molecule has 0 unspecified atom stereocenters. The minimum atomic E-state index is -4.69. The van der Waals surface area contributed by atoms with Crippen LogP contribution in [0.25, 0.3) is 11.0 Å². The highest BCUT2D eigenvalue weighted by Crippen LogP contribution is 2.32. The van der Waals surface area contributed by atoms with E-state index in [0.717, 1.165) is 16.6 Å². The van der Waals surface area contributed by atoms with Crippen LogP contribution in [0.4, 0.5) is 13.2 Å². The van der Waals surface area contributed by atoms with Crippen molar-refractivity contribution < 1.29 is 18.0 Å². The Morgan fingerprint density at radius 2 is 2.12 bits per heavy atom. The average Bonchev–Trinajstić information content (AvgIpc) is 3.24. The van der Waals surface area contributed by atoms with Crippen LogP contribution in [0.5, 0.6) is 0 Å². The number of aromatic nitrogens is 4. The normalized spacial score (nSPS) is 12.0. The number of ketones is 1. The summed E-state index contributed by atoms with van der Waals surface area (Å²) in [5, 5.41) is 4.50. The van der Waals surface area contributed by atoms with E-state index < -0.39 is 12.0 Å². The molecule has 3 aromatic heterocycles. The molecule has 0 fully saturated rings. The van der Waals surface area contributed by atoms with Crippen LogP contribution in [0.15, 0.2) is 23.4 Å². The molecule has 3 rings (SSSR count). The Morgan fingerprint density at radius 3 is 2.73 bits per heavy atom. The highest BCUT2D eigenvalue weighted by Gasteiger charge is 2.36. The van der Waals surface area contributed by atoms with Crippen molar-refractivity contribution in [1.82, 2.24) is 19.7 Å². The van der Waals surface area contributed by atoms with Crippen LogP contribution in [0.3, 0.4) is 0 Å². The molecule has 0 aliphatic carbocycles. The summed E-state index contributed by atoms with van der Waals surface area (Å²) in [6.07, 6.45) is -3.10. The van der Waals surface area contributed by atoms with E-state index in [9.17, 15) is 18.0 Å². The molecule has 0 spiro atoms. The van der Waals surface area contributed by atoms with E-state index in [4.69, 9.17) is 5.73 Å². The van der Waals surface area contributed by atoms with Crippen molar-refractivity contribution in [2.75, 3.05) is 5.75 Å². The quantitative estimate of drug-likeness (QED) is 0.387. The number of Topliss-reactive ketones (excluding diaryl/α,β-unsaturated/α-hetero) is 1. The van der Waals surface area contributed by atoms with Crippen molar-refractivity contribution in [2.24, 2.45) is 5.73 Å². The number of carbonyl (C=O) groups excluding carboxylic acids is 1. The number of halogens is 3. The number of aryl methyl sites for hydroxylation is 1.